The second-order valence-electron chi connectivity index (χ2n) is 4.03. The maximum Gasteiger partial charge on any atom is 0.157 e. The molecule has 2 rings (SSSR count). The first kappa shape index (κ1) is 16.8. The van der Waals surface area contributed by atoms with Crippen LogP contribution in [0.15, 0.2) is 58.3 Å². The molecule has 0 aliphatic rings. The van der Waals surface area contributed by atoms with E-state index in [0.717, 1.165) is 9.79 Å². The van der Waals surface area contributed by atoms with Crippen LogP contribution in [0.2, 0.25) is 0 Å². The van der Waals surface area contributed by atoms with Gasteiger partial charge in [-0.1, -0.05) is 70.4 Å². The molecular weight excluding hydrogens is 315 g/mol. The Morgan fingerprint density at radius 2 is 1.26 bits per heavy atom. The average molecular weight is 331 g/mol. The second-order valence-corrected chi connectivity index (χ2v) is 7.34. The minimum absolute atomic E-state index is 0.377. The topological polar surface area (TPSA) is 0 Å². The molecule has 102 valence electrons. The van der Waals surface area contributed by atoms with Gasteiger partial charge < -0.3 is 0 Å². The Morgan fingerprint density at radius 3 is 1.63 bits per heavy atom. The molecule has 2 aromatic carbocycles. The third-order valence-corrected chi connectivity index (χ3v) is 3.84. The number of aryl methyl sites for hydroxylation is 2. The summed E-state index contributed by atoms with van der Waals surface area (Å²) in [7, 11) is 0. The summed E-state index contributed by atoms with van der Waals surface area (Å²) in [5, 5.41) is 0. The molecular formula is C15H16Cl2S2. The molecule has 0 N–H and O–H groups in total. The van der Waals surface area contributed by atoms with Crippen molar-refractivity contribution in [3.05, 3.63) is 59.7 Å². The van der Waals surface area contributed by atoms with Gasteiger partial charge in [0.15, 0.2) is 4.17 Å². The lowest BCUT2D eigenvalue weighted by Gasteiger charge is -2.00. The summed E-state index contributed by atoms with van der Waals surface area (Å²) in [6.45, 7) is 4.11. The fourth-order valence-corrected chi connectivity index (χ4v) is 2.53. The van der Waals surface area contributed by atoms with Crippen LogP contribution in [0.5, 0.6) is 0 Å². The predicted molar refractivity (Wildman–Crippen MR) is 91.0 cm³/mol. The zero-order valence-electron chi connectivity index (χ0n) is 10.8. The van der Waals surface area contributed by atoms with Crippen LogP contribution < -0.4 is 0 Å². The Bertz CT molecular complexity index is 458. The van der Waals surface area contributed by atoms with Crippen molar-refractivity contribution >= 4 is 47.6 Å². The number of alkyl halides is 2. The van der Waals surface area contributed by atoms with Crippen molar-refractivity contribution in [2.75, 3.05) is 0 Å². The molecule has 0 saturated heterocycles. The molecule has 0 nitrogen and oxygen atoms in total. The summed E-state index contributed by atoms with van der Waals surface area (Å²) in [5.74, 6) is 0. The molecule has 0 fully saturated rings. The van der Waals surface area contributed by atoms with Crippen LogP contribution in [0.3, 0.4) is 0 Å². The molecule has 0 heterocycles. The predicted octanol–water partition coefficient (Wildman–Crippen LogP) is 6.13. The van der Waals surface area contributed by atoms with Gasteiger partial charge in [-0.3, -0.25) is 0 Å². The molecule has 0 spiro atoms. The van der Waals surface area contributed by atoms with Gasteiger partial charge in [-0.05, 0) is 38.1 Å². The molecule has 0 aliphatic heterocycles. The van der Waals surface area contributed by atoms with Gasteiger partial charge in [0.05, 0.1) is 0 Å². The van der Waals surface area contributed by atoms with E-state index in [1.54, 1.807) is 0 Å². The van der Waals surface area contributed by atoms with Crippen molar-refractivity contribution in [2.45, 2.75) is 27.8 Å². The summed E-state index contributed by atoms with van der Waals surface area (Å²) in [6.07, 6.45) is 0. The molecule has 0 unspecified atom stereocenters. The Morgan fingerprint density at radius 1 is 0.842 bits per heavy atom. The molecule has 0 radical (unpaired) electrons. The van der Waals surface area contributed by atoms with Gasteiger partial charge >= 0.3 is 0 Å². The lowest BCUT2D eigenvalue weighted by Crippen LogP contribution is -1.78. The lowest BCUT2D eigenvalue weighted by molar-refractivity contribution is 1.38. The monoisotopic (exact) mass is 330 g/mol. The van der Waals surface area contributed by atoms with E-state index in [1.807, 2.05) is 55.5 Å². The summed E-state index contributed by atoms with van der Waals surface area (Å²) in [6, 6.07) is 16.2. The maximum atomic E-state index is 5.58. The zero-order valence-corrected chi connectivity index (χ0v) is 14.0. The Kier molecular flexibility index (Phi) is 7.77. The molecule has 0 aromatic heterocycles. The molecule has 0 aliphatic carbocycles. The van der Waals surface area contributed by atoms with Crippen molar-refractivity contribution in [1.29, 1.82) is 0 Å². The highest BCUT2D eigenvalue weighted by Crippen LogP contribution is 2.28. The van der Waals surface area contributed by atoms with Gasteiger partial charge in [-0.15, -0.1) is 12.6 Å². The van der Waals surface area contributed by atoms with E-state index in [0.29, 0.717) is 0 Å². The van der Waals surface area contributed by atoms with Crippen LogP contribution in [-0.4, -0.2) is 4.17 Å². The summed E-state index contributed by atoms with van der Waals surface area (Å²) < 4.78 is -0.377. The van der Waals surface area contributed by atoms with E-state index >= 15 is 0 Å². The number of thioether (sulfide) groups is 1. The van der Waals surface area contributed by atoms with Gasteiger partial charge in [-0.2, -0.15) is 0 Å². The van der Waals surface area contributed by atoms with Crippen molar-refractivity contribution in [2.24, 2.45) is 0 Å². The smallest absolute Gasteiger partial charge is 0.143 e. The summed E-state index contributed by atoms with van der Waals surface area (Å²) in [5.41, 5.74) is 2.53. The van der Waals surface area contributed by atoms with Crippen LogP contribution in [0.25, 0.3) is 0 Å². The van der Waals surface area contributed by atoms with Crippen molar-refractivity contribution in [3.63, 3.8) is 0 Å². The third kappa shape index (κ3) is 7.78. The van der Waals surface area contributed by atoms with E-state index in [9.17, 15) is 0 Å². The quantitative estimate of drug-likeness (QED) is 0.392. The Hall–Kier alpha value is -0.280. The van der Waals surface area contributed by atoms with Crippen molar-refractivity contribution < 1.29 is 0 Å². The summed E-state index contributed by atoms with van der Waals surface area (Å²) >= 11 is 16.7. The first-order valence-corrected chi connectivity index (χ1v) is 7.94. The van der Waals surface area contributed by atoms with Gasteiger partial charge in [0.25, 0.3) is 0 Å². The first-order valence-electron chi connectivity index (χ1n) is 5.74. The fraction of sp³-hybridized carbons (Fsp3) is 0.200. The van der Waals surface area contributed by atoms with Gasteiger partial charge in [0.2, 0.25) is 0 Å². The number of thiol groups is 1. The van der Waals surface area contributed by atoms with Crippen molar-refractivity contribution in [3.8, 4) is 0 Å². The van der Waals surface area contributed by atoms with E-state index < -0.39 is 0 Å². The fourth-order valence-electron chi connectivity index (χ4n) is 1.26. The highest BCUT2D eigenvalue weighted by Gasteiger charge is 1.99. The average Bonchev–Trinajstić information content (AvgIpc) is 2.36. The molecule has 19 heavy (non-hydrogen) atoms. The standard InChI is InChI=1S/C8H8Cl2S.C7H8S/c1-6-2-4-7(5-3-6)11-8(9)10;1-6-2-4-7(8)5-3-6/h2-5,8H,1H3;2-5,8H,1H3. The van der Waals surface area contributed by atoms with Crippen LogP contribution in [0.1, 0.15) is 11.1 Å². The summed E-state index contributed by atoms with van der Waals surface area (Å²) in [4.78, 5) is 2.13. The Labute approximate surface area is 134 Å². The molecule has 0 atom stereocenters. The molecule has 0 bridgehead atoms. The van der Waals surface area contributed by atoms with E-state index in [-0.39, 0.29) is 4.17 Å². The highest BCUT2D eigenvalue weighted by atomic mass is 35.5. The Balaban J connectivity index is 0.000000200. The van der Waals surface area contributed by atoms with Gasteiger partial charge in [-0.25, -0.2) is 0 Å². The highest BCUT2D eigenvalue weighted by molar-refractivity contribution is 8.02. The molecule has 0 amide bonds. The third-order valence-electron chi connectivity index (χ3n) is 2.28. The van der Waals surface area contributed by atoms with Crippen LogP contribution in [0, 0.1) is 13.8 Å². The van der Waals surface area contributed by atoms with Crippen LogP contribution in [0.4, 0.5) is 0 Å². The largest absolute Gasteiger partial charge is 0.157 e. The number of benzene rings is 2. The molecule has 0 saturated carbocycles. The van der Waals surface area contributed by atoms with Gasteiger partial charge in [0.1, 0.15) is 0 Å². The number of hydrogen-bond acceptors (Lipinski definition) is 2. The number of halogens is 2. The van der Waals surface area contributed by atoms with Crippen LogP contribution in [-0.2, 0) is 0 Å². The SMILES string of the molecule is Cc1ccc(S)cc1.Cc1ccc(SC(Cl)Cl)cc1. The van der Waals surface area contributed by atoms with Gasteiger partial charge in [0, 0.05) is 9.79 Å². The lowest BCUT2D eigenvalue weighted by atomic mass is 10.2. The van der Waals surface area contributed by atoms with E-state index in [1.165, 1.54) is 22.9 Å². The zero-order chi connectivity index (χ0) is 14.3. The molecule has 2 aromatic rings. The minimum atomic E-state index is -0.377. The van der Waals surface area contributed by atoms with E-state index in [2.05, 4.69) is 19.6 Å². The first-order chi connectivity index (χ1) is 8.97. The number of hydrogen-bond donors (Lipinski definition) is 1. The molecule has 4 heteroatoms. The normalized spacial score (nSPS) is 10.0. The second kappa shape index (κ2) is 8.80. The minimum Gasteiger partial charge on any atom is -0.143 e. The van der Waals surface area contributed by atoms with Crippen LogP contribution >= 0.6 is 47.6 Å². The number of rotatable bonds is 2. The van der Waals surface area contributed by atoms with E-state index in [4.69, 9.17) is 23.2 Å². The van der Waals surface area contributed by atoms with Crippen molar-refractivity contribution in [1.82, 2.24) is 0 Å². The maximum absolute atomic E-state index is 5.58.